The van der Waals surface area contributed by atoms with E-state index in [9.17, 15) is 14.0 Å². The van der Waals surface area contributed by atoms with Gasteiger partial charge in [-0.15, -0.1) is 0 Å². The number of aromatic nitrogens is 1. The number of hydrogen-bond donors (Lipinski definition) is 1. The molecule has 1 saturated heterocycles. The van der Waals surface area contributed by atoms with Crippen molar-refractivity contribution in [2.24, 2.45) is 5.92 Å². The molecule has 4 rings (SSSR count). The molecular formula is C26H35FN2O4. The van der Waals surface area contributed by atoms with E-state index in [4.69, 9.17) is 9.84 Å². The van der Waals surface area contributed by atoms with Crippen LogP contribution in [0.2, 0.25) is 0 Å². The molecule has 1 aromatic heterocycles. The molecule has 1 aromatic carbocycles. The normalized spacial score (nSPS) is 23.8. The van der Waals surface area contributed by atoms with Crippen molar-refractivity contribution in [3.8, 4) is 0 Å². The Labute approximate surface area is 194 Å². The summed E-state index contributed by atoms with van der Waals surface area (Å²) in [7, 11) is 0. The fourth-order valence-corrected chi connectivity index (χ4v) is 5.58. The first-order chi connectivity index (χ1) is 15.9. The quantitative estimate of drug-likeness (QED) is 0.580. The minimum atomic E-state index is -0.396. The summed E-state index contributed by atoms with van der Waals surface area (Å²) in [5.74, 6) is -0.404. The largest absolute Gasteiger partial charge is 0.389 e. The van der Waals surface area contributed by atoms with Gasteiger partial charge in [0.25, 0.3) is 0 Å². The number of ketones is 2. The first-order valence-electron chi connectivity index (χ1n) is 12.2. The summed E-state index contributed by atoms with van der Waals surface area (Å²) in [6.07, 6.45) is 4.80. The number of aliphatic hydroxyl groups excluding tert-OH is 1. The van der Waals surface area contributed by atoms with Gasteiger partial charge in [-0.05, 0) is 57.7 Å². The zero-order valence-electron chi connectivity index (χ0n) is 19.7. The zero-order valence-corrected chi connectivity index (χ0v) is 19.7. The van der Waals surface area contributed by atoms with Crippen LogP contribution in [0.5, 0.6) is 0 Å². The highest BCUT2D eigenvalue weighted by atomic mass is 19.1. The van der Waals surface area contributed by atoms with Gasteiger partial charge in [0.05, 0.1) is 12.2 Å². The van der Waals surface area contributed by atoms with Gasteiger partial charge in [0.1, 0.15) is 12.4 Å². The number of Topliss-reactive ketones (excluding diaryl/α,β-unsaturated/α-hetero) is 2. The molecule has 6 nitrogen and oxygen atoms in total. The number of benzene rings is 1. The van der Waals surface area contributed by atoms with Crippen LogP contribution in [-0.4, -0.2) is 64.6 Å². The van der Waals surface area contributed by atoms with Crippen LogP contribution < -0.4 is 0 Å². The van der Waals surface area contributed by atoms with Gasteiger partial charge < -0.3 is 14.4 Å². The molecular weight excluding hydrogens is 423 g/mol. The van der Waals surface area contributed by atoms with E-state index in [2.05, 4.69) is 23.3 Å². The van der Waals surface area contributed by atoms with Crippen molar-refractivity contribution in [2.45, 2.75) is 71.1 Å². The van der Waals surface area contributed by atoms with E-state index >= 15 is 0 Å². The van der Waals surface area contributed by atoms with E-state index in [0.29, 0.717) is 12.0 Å². The number of aryl methyl sites for hydroxylation is 1. The Bertz CT molecular complexity index is 1010. The Balaban J connectivity index is 1.52. The monoisotopic (exact) mass is 458 g/mol. The summed E-state index contributed by atoms with van der Waals surface area (Å²) >= 11 is 0. The highest BCUT2D eigenvalue weighted by Crippen LogP contribution is 2.36. The average Bonchev–Trinajstić information content (AvgIpc) is 3.07. The van der Waals surface area contributed by atoms with Crippen molar-refractivity contribution in [3.05, 3.63) is 35.3 Å². The van der Waals surface area contributed by atoms with Crippen molar-refractivity contribution in [1.29, 1.82) is 0 Å². The van der Waals surface area contributed by atoms with Gasteiger partial charge >= 0.3 is 0 Å². The molecule has 3 unspecified atom stereocenters. The van der Waals surface area contributed by atoms with Crippen LogP contribution in [0.1, 0.15) is 62.0 Å². The number of hydrogen-bond acceptors (Lipinski definition) is 5. The van der Waals surface area contributed by atoms with E-state index in [-0.39, 0.29) is 35.5 Å². The maximum atomic E-state index is 14.2. The summed E-state index contributed by atoms with van der Waals surface area (Å²) in [6.45, 7) is 6.86. The number of carbonyl (C=O) groups is 2. The molecule has 2 aromatic rings. The summed E-state index contributed by atoms with van der Waals surface area (Å²) in [4.78, 5) is 27.3. The van der Waals surface area contributed by atoms with Crippen molar-refractivity contribution in [2.75, 3.05) is 26.2 Å². The van der Waals surface area contributed by atoms with E-state index in [0.717, 1.165) is 74.9 Å². The molecule has 3 atom stereocenters. The van der Waals surface area contributed by atoms with Crippen LogP contribution in [0, 0.1) is 11.7 Å². The van der Waals surface area contributed by atoms with Crippen molar-refractivity contribution >= 4 is 22.5 Å². The van der Waals surface area contributed by atoms with Gasteiger partial charge in [0.2, 0.25) is 0 Å². The number of morpholine rings is 1. The Kier molecular flexibility index (Phi) is 7.62. The third-order valence-corrected chi connectivity index (χ3v) is 6.97. The van der Waals surface area contributed by atoms with Crippen LogP contribution in [0.25, 0.3) is 10.9 Å². The fraction of sp³-hybridized carbons (Fsp3) is 0.615. The topological polar surface area (TPSA) is 71.8 Å². The van der Waals surface area contributed by atoms with Crippen molar-refractivity contribution in [1.82, 2.24) is 9.47 Å². The van der Waals surface area contributed by atoms with Gasteiger partial charge in [-0.1, -0.05) is 6.42 Å². The van der Waals surface area contributed by atoms with E-state index in [1.165, 1.54) is 12.1 Å². The van der Waals surface area contributed by atoms with Gasteiger partial charge in [-0.3, -0.25) is 14.5 Å². The molecule has 0 spiro atoms. The van der Waals surface area contributed by atoms with Crippen LogP contribution in [-0.2, 0) is 22.5 Å². The Hall–Kier alpha value is -2.09. The molecule has 7 heteroatoms. The second-order valence-electron chi connectivity index (χ2n) is 9.72. The molecule has 0 saturated carbocycles. The van der Waals surface area contributed by atoms with Gasteiger partial charge in [0.15, 0.2) is 11.6 Å². The fourth-order valence-electron chi connectivity index (χ4n) is 5.58. The molecule has 33 heavy (non-hydrogen) atoms. The molecule has 0 amide bonds. The SMILES string of the molecule is CC1CN(CC2CCc3c(c4cc(F)ccc4n3CCCCCC(=O)CO)C2=O)CC(C)O1. The minimum absolute atomic E-state index is 0.0817. The summed E-state index contributed by atoms with van der Waals surface area (Å²) in [6, 6.07) is 4.75. The number of aliphatic hydroxyl groups is 1. The van der Waals surface area contributed by atoms with Crippen molar-refractivity contribution < 1.29 is 23.8 Å². The summed E-state index contributed by atoms with van der Waals surface area (Å²) < 4.78 is 22.2. The zero-order chi connectivity index (χ0) is 23.5. The first-order valence-corrected chi connectivity index (χ1v) is 12.2. The lowest BCUT2D eigenvalue weighted by molar-refractivity contribution is -0.121. The lowest BCUT2D eigenvalue weighted by atomic mass is 9.84. The lowest BCUT2D eigenvalue weighted by Gasteiger charge is -2.37. The first kappa shape index (κ1) is 24.0. The van der Waals surface area contributed by atoms with E-state index < -0.39 is 6.61 Å². The molecule has 1 aliphatic carbocycles. The smallest absolute Gasteiger partial charge is 0.169 e. The Morgan fingerprint density at radius 2 is 1.94 bits per heavy atom. The van der Waals surface area contributed by atoms with Crippen LogP contribution >= 0.6 is 0 Å². The number of ether oxygens (including phenoxy) is 1. The molecule has 0 radical (unpaired) electrons. The Morgan fingerprint density at radius 1 is 1.18 bits per heavy atom. The standard InChI is InChI=1S/C26H35FN2O4/c1-17-13-28(14-18(2)33-17)15-19-7-9-24-25(26(19)32)22-12-20(27)8-10-23(22)29(24)11-5-3-4-6-21(31)16-30/h8,10,12,17-19,30H,3-7,9,11,13-16H2,1-2H3. The summed E-state index contributed by atoms with van der Waals surface area (Å²) in [5, 5.41) is 9.59. The lowest BCUT2D eigenvalue weighted by Crippen LogP contribution is -2.48. The molecule has 0 bridgehead atoms. The third-order valence-electron chi connectivity index (χ3n) is 6.97. The van der Waals surface area contributed by atoms with E-state index in [1.54, 1.807) is 6.07 Å². The molecule has 2 heterocycles. The number of unbranched alkanes of at least 4 members (excludes halogenated alkanes) is 2. The van der Waals surface area contributed by atoms with Gasteiger partial charge in [-0.25, -0.2) is 4.39 Å². The maximum absolute atomic E-state index is 14.2. The molecule has 1 aliphatic heterocycles. The summed E-state index contributed by atoms with van der Waals surface area (Å²) in [5.41, 5.74) is 2.63. The second-order valence-corrected chi connectivity index (χ2v) is 9.72. The predicted molar refractivity (Wildman–Crippen MR) is 125 cm³/mol. The molecule has 180 valence electrons. The number of nitrogens with zero attached hydrogens (tertiary/aromatic N) is 2. The number of carbonyl (C=O) groups excluding carboxylic acids is 2. The molecule has 2 aliphatic rings. The van der Waals surface area contributed by atoms with Crippen LogP contribution in [0.15, 0.2) is 18.2 Å². The number of fused-ring (bicyclic) bond motifs is 3. The Morgan fingerprint density at radius 3 is 2.67 bits per heavy atom. The third kappa shape index (κ3) is 5.36. The predicted octanol–water partition coefficient (Wildman–Crippen LogP) is 3.76. The second kappa shape index (κ2) is 10.5. The molecule has 1 N–H and O–H groups in total. The van der Waals surface area contributed by atoms with Crippen molar-refractivity contribution in [3.63, 3.8) is 0 Å². The highest BCUT2D eigenvalue weighted by molar-refractivity contribution is 6.11. The van der Waals surface area contributed by atoms with Gasteiger partial charge in [-0.2, -0.15) is 0 Å². The maximum Gasteiger partial charge on any atom is 0.169 e. The van der Waals surface area contributed by atoms with E-state index in [1.807, 2.05) is 0 Å². The van der Waals surface area contributed by atoms with Gasteiger partial charge in [0, 0.05) is 60.7 Å². The highest BCUT2D eigenvalue weighted by Gasteiger charge is 2.35. The minimum Gasteiger partial charge on any atom is -0.389 e. The van der Waals surface area contributed by atoms with Crippen LogP contribution in [0.3, 0.4) is 0 Å². The number of rotatable bonds is 9. The number of halogens is 1. The van der Waals surface area contributed by atoms with Crippen LogP contribution in [0.4, 0.5) is 4.39 Å². The average molecular weight is 459 g/mol. The molecule has 1 fully saturated rings.